The molecule has 0 aromatic carbocycles. The van der Waals surface area contributed by atoms with Gasteiger partial charge in [-0.1, -0.05) is 69.1 Å². The Bertz CT molecular complexity index is 924. The van der Waals surface area contributed by atoms with E-state index in [0.717, 1.165) is 37.3 Å². The lowest BCUT2D eigenvalue weighted by molar-refractivity contribution is -0.0421. The first-order valence-corrected chi connectivity index (χ1v) is 17.0. The van der Waals surface area contributed by atoms with E-state index in [9.17, 15) is 0 Å². The third-order valence-corrected chi connectivity index (χ3v) is 11.0. The Morgan fingerprint density at radius 1 is 1.21 bits per heavy atom. The van der Waals surface area contributed by atoms with Gasteiger partial charge < -0.3 is 25.6 Å². The van der Waals surface area contributed by atoms with Gasteiger partial charge in [0.05, 0.1) is 12.8 Å². The van der Waals surface area contributed by atoms with Crippen LogP contribution in [0.2, 0.25) is 0 Å². The third-order valence-electron chi connectivity index (χ3n) is 11.0. The maximum Gasteiger partial charge on any atom is 0.132 e. The monoisotopic (exact) mass is 604 g/mol. The first-order valence-electron chi connectivity index (χ1n) is 17.0. The van der Waals surface area contributed by atoms with E-state index in [1.807, 2.05) is 21.1 Å². The van der Waals surface area contributed by atoms with Gasteiger partial charge in [-0.3, -0.25) is 0 Å². The van der Waals surface area contributed by atoms with E-state index in [-0.39, 0.29) is 7.47 Å². The minimum absolute atomic E-state index is 0. The minimum Gasteiger partial charge on any atom is -0.394 e. The van der Waals surface area contributed by atoms with Crippen LogP contribution in [0.3, 0.4) is 0 Å². The summed E-state index contributed by atoms with van der Waals surface area (Å²) in [5.74, 6) is 3.16. The molecule has 4 rings (SSSR count). The molecule has 7 heteroatoms. The number of rotatable bonds is 12. The number of nitrogens with two attached hydrogens (primary N) is 1. The maximum atomic E-state index is 6.18. The number of nitrogens with one attached hydrogen (secondary N) is 2. The Balaban J connectivity index is 0.000000635. The molecule has 7 atom stereocenters. The Morgan fingerprint density at radius 2 is 1.93 bits per heavy atom. The summed E-state index contributed by atoms with van der Waals surface area (Å²) in [4.78, 5) is 12.4. The molecular weight excluding hydrogens is 534 g/mol. The second-order valence-electron chi connectivity index (χ2n) is 14.2. The van der Waals surface area contributed by atoms with Gasteiger partial charge in [0.1, 0.15) is 6.61 Å². The summed E-state index contributed by atoms with van der Waals surface area (Å²) >= 11 is 0. The molecule has 0 heterocycles. The van der Waals surface area contributed by atoms with Crippen LogP contribution in [-0.4, -0.2) is 64.6 Å². The minimum atomic E-state index is 0. The fourth-order valence-electron chi connectivity index (χ4n) is 8.55. The molecule has 4 aliphatic carbocycles. The molecule has 3 fully saturated rings. The van der Waals surface area contributed by atoms with Gasteiger partial charge in [-0.15, -0.1) is 0 Å². The molecule has 0 amide bonds. The first kappa shape index (κ1) is 37.5. The van der Waals surface area contributed by atoms with Crippen LogP contribution < -0.4 is 16.5 Å². The quantitative estimate of drug-likeness (QED) is 0.123. The summed E-state index contributed by atoms with van der Waals surface area (Å²) in [6.45, 7) is 19.6. The summed E-state index contributed by atoms with van der Waals surface area (Å²) in [6, 6.07) is 0.107. The highest BCUT2D eigenvalue weighted by Crippen LogP contribution is 2.67. The molecule has 0 saturated heterocycles. The van der Waals surface area contributed by atoms with Crippen molar-refractivity contribution < 1.29 is 11.1 Å². The van der Waals surface area contributed by atoms with E-state index in [0.29, 0.717) is 23.4 Å². The van der Waals surface area contributed by atoms with Crippen molar-refractivity contribution in [2.75, 3.05) is 47.9 Å². The van der Waals surface area contributed by atoms with Crippen molar-refractivity contribution in [1.82, 2.24) is 15.7 Å². The Labute approximate surface area is 266 Å². The number of fused-ring (bicyclic) bond motifs is 5. The Hall–Kier alpha value is -1.67. The fourth-order valence-corrected chi connectivity index (χ4v) is 8.55. The summed E-state index contributed by atoms with van der Waals surface area (Å²) in [5.41, 5.74) is 14.0. The van der Waals surface area contributed by atoms with Crippen LogP contribution in [0.25, 0.3) is 0 Å². The Morgan fingerprint density at radius 3 is 2.56 bits per heavy atom. The zero-order valence-corrected chi connectivity index (χ0v) is 29.1. The predicted octanol–water partition coefficient (Wildman–Crippen LogP) is 7.33. The molecule has 43 heavy (non-hydrogen) atoms. The van der Waals surface area contributed by atoms with Gasteiger partial charge >= 0.3 is 0 Å². The molecule has 7 unspecified atom stereocenters. The van der Waals surface area contributed by atoms with Gasteiger partial charge in [0.15, 0.2) is 0 Å². The van der Waals surface area contributed by atoms with E-state index < -0.39 is 0 Å². The zero-order valence-electron chi connectivity index (χ0n) is 29.1. The summed E-state index contributed by atoms with van der Waals surface area (Å²) < 4.78 is 0. The number of likely N-dealkylation sites (N-methyl/N-ethyl adjacent to an activating group) is 1. The summed E-state index contributed by atoms with van der Waals surface area (Å²) in [5, 5.41) is 7.29. The molecule has 0 aromatic heterocycles. The summed E-state index contributed by atoms with van der Waals surface area (Å²) in [6.07, 6.45) is 18.0. The van der Waals surface area contributed by atoms with Crippen LogP contribution in [-0.2, 0) is 9.68 Å². The van der Waals surface area contributed by atoms with Gasteiger partial charge in [-0.25, -0.2) is 5.48 Å². The number of allylic oxidation sites excluding steroid dienone is 3. The van der Waals surface area contributed by atoms with Gasteiger partial charge in [-0.05, 0) is 114 Å². The molecule has 7 nitrogen and oxygen atoms in total. The number of unbranched alkanes of at least 4 members (excludes halogenated alkanes) is 1. The van der Waals surface area contributed by atoms with Gasteiger partial charge in [-0.2, -0.15) is 0 Å². The normalized spacial score (nSPS) is 32.1. The van der Waals surface area contributed by atoms with Crippen LogP contribution in [0.15, 0.2) is 41.7 Å². The molecule has 0 bridgehead atoms. The lowest BCUT2D eigenvalue weighted by Gasteiger charge is -2.58. The highest BCUT2D eigenvalue weighted by Gasteiger charge is 2.59. The maximum absolute atomic E-state index is 6.18. The van der Waals surface area contributed by atoms with Crippen LogP contribution >= 0.6 is 0 Å². The highest BCUT2D eigenvalue weighted by molar-refractivity contribution is 5.85. The lowest BCUT2D eigenvalue weighted by Crippen LogP contribution is -2.50. The van der Waals surface area contributed by atoms with Crippen LogP contribution in [0, 0.1) is 34.5 Å². The molecule has 4 N–H and O–H groups in total. The van der Waals surface area contributed by atoms with Crippen LogP contribution in [0.5, 0.6) is 0 Å². The number of hydrogen-bond acceptors (Lipinski definition) is 7. The van der Waals surface area contributed by atoms with Crippen molar-refractivity contribution in [2.24, 2.45) is 45.4 Å². The predicted molar refractivity (Wildman–Crippen MR) is 186 cm³/mol. The highest BCUT2D eigenvalue weighted by atomic mass is 16.6. The fraction of sp³-hybridized carbons (Fsp3) is 0.806. The van der Waals surface area contributed by atoms with Gasteiger partial charge in [0, 0.05) is 33.5 Å². The summed E-state index contributed by atoms with van der Waals surface area (Å²) in [7, 11) is 7.48. The smallest absolute Gasteiger partial charge is 0.132 e. The molecule has 3 saturated carbocycles. The molecular formula is C36H69N5O2. The molecule has 0 spiro atoms. The Kier molecular flexibility index (Phi) is 16.0. The van der Waals surface area contributed by atoms with E-state index in [4.69, 9.17) is 10.6 Å². The third kappa shape index (κ3) is 10.2. The van der Waals surface area contributed by atoms with Crippen LogP contribution in [0.4, 0.5) is 0 Å². The van der Waals surface area contributed by atoms with Crippen molar-refractivity contribution >= 4 is 5.71 Å². The molecule has 250 valence electrons. The van der Waals surface area contributed by atoms with Crippen molar-refractivity contribution in [1.29, 1.82) is 0 Å². The molecule has 4 aliphatic rings. The first-order chi connectivity index (χ1) is 20.5. The molecule has 0 aromatic rings. The average molecular weight is 604 g/mol. The van der Waals surface area contributed by atoms with Crippen molar-refractivity contribution in [2.45, 2.75) is 104 Å². The van der Waals surface area contributed by atoms with Gasteiger partial charge in [0.25, 0.3) is 0 Å². The topological polar surface area (TPSA) is 84.1 Å². The number of hydrogen-bond donors (Lipinski definition) is 3. The van der Waals surface area contributed by atoms with E-state index >= 15 is 0 Å². The lowest BCUT2D eigenvalue weighted by atomic mass is 9.46. The number of oxime groups is 1. The SMILES string of the molecule is C=C1C=C2CCC3C(CCC4(C)C(/C(C)=N/OCC(N)CCCC)CCC34)C2(C)CC1.C=CNC.CONCCN(C)C.[HH]. The van der Waals surface area contributed by atoms with E-state index in [1.165, 1.54) is 75.5 Å². The largest absolute Gasteiger partial charge is 0.394 e. The number of hydroxylamine groups is 1. The molecule has 0 aliphatic heterocycles. The second-order valence-corrected chi connectivity index (χ2v) is 14.2. The standard InChI is InChI=1S/C28H46N2O.C5H14N2O.C3H7N.H2/c1-6-7-8-22(29)18-31-30-20(3)24-11-12-25-23-10-9-21-17-19(2)13-15-27(21,4)26(23)14-16-28(24,25)5;1-7(2)5-4-6-8-3;1-3-4-2;/h17,22-26H,2,6-16,18,29H2,1,3-5H3;6H,4-5H2,1-3H3;3-4H,1H2,2H3;1H/b30-20+;;;. The van der Waals surface area contributed by atoms with Crippen molar-refractivity contribution in [3.05, 3.63) is 36.6 Å². The zero-order chi connectivity index (χ0) is 32.0. The van der Waals surface area contributed by atoms with Gasteiger partial charge in [0.2, 0.25) is 0 Å². The van der Waals surface area contributed by atoms with E-state index in [1.54, 1.807) is 18.9 Å². The van der Waals surface area contributed by atoms with Crippen molar-refractivity contribution in [3.8, 4) is 0 Å². The average Bonchev–Trinajstić information content (AvgIpc) is 3.34. The van der Waals surface area contributed by atoms with E-state index in [2.05, 4.69) is 72.6 Å². The van der Waals surface area contributed by atoms with Crippen LogP contribution in [0.1, 0.15) is 99.8 Å². The number of nitrogens with zero attached hydrogens (tertiary/aromatic N) is 2. The second kappa shape index (κ2) is 18.3. The van der Waals surface area contributed by atoms with Crippen molar-refractivity contribution in [3.63, 3.8) is 0 Å². The molecule has 0 radical (unpaired) electrons.